The van der Waals surface area contributed by atoms with Crippen LogP contribution in [0.15, 0.2) is 90.5 Å². The van der Waals surface area contributed by atoms with Gasteiger partial charge in [-0.05, 0) is 78.7 Å². The molecule has 0 spiro atoms. The molecule has 0 aromatic heterocycles. The summed E-state index contributed by atoms with van der Waals surface area (Å²) in [6, 6.07) is 27.1. The molecule has 1 N–H and O–H groups in total. The van der Waals surface area contributed by atoms with E-state index in [1.807, 2.05) is 37.3 Å². The number of carbonyl (C=O) groups excluding carboxylic acids is 1. The number of halogens is 3. The number of aryl methyl sites for hydroxylation is 1. The summed E-state index contributed by atoms with van der Waals surface area (Å²) in [7, 11) is 0. The highest BCUT2D eigenvalue weighted by Crippen LogP contribution is 2.28. The molecule has 4 aromatic rings. The van der Waals surface area contributed by atoms with E-state index in [2.05, 4.69) is 5.32 Å². The van der Waals surface area contributed by atoms with Gasteiger partial charge in [-0.2, -0.15) is 5.26 Å². The highest BCUT2D eigenvalue weighted by molar-refractivity contribution is 6.42. The Labute approximate surface area is 242 Å². The van der Waals surface area contributed by atoms with Crippen LogP contribution in [-0.2, 0) is 18.0 Å². The van der Waals surface area contributed by atoms with Gasteiger partial charge in [0, 0.05) is 16.3 Å². The van der Waals surface area contributed by atoms with Gasteiger partial charge in [-0.3, -0.25) is 4.79 Å². The zero-order valence-corrected chi connectivity index (χ0v) is 23.1. The number of hydrogen-bond donors (Lipinski definition) is 1. The lowest BCUT2D eigenvalue weighted by Gasteiger charge is -2.11. The number of anilines is 1. The smallest absolute Gasteiger partial charge is 0.266 e. The molecule has 0 fully saturated rings. The van der Waals surface area contributed by atoms with Crippen molar-refractivity contribution in [3.05, 3.63) is 128 Å². The van der Waals surface area contributed by atoms with Crippen molar-refractivity contribution in [1.82, 2.24) is 0 Å². The van der Waals surface area contributed by atoms with Gasteiger partial charge in [0.15, 0.2) is 0 Å². The molecule has 0 heterocycles. The highest BCUT2D eigenvalue weighted by Gasteiger charge is 2.13. The Bertz CT molecular complexity index is 1540. The van der Waals surface area contributed by atoms with E-state index >= 15 is 0 Å². The summed E-state index contributed by atoms with van der Waals surface area (Å²) in [5, 5.41) is 13.7. The summed E-state index contributed by atoms with van der Waals surface area (Å²) in [5.41, 5.74) is 3.94. The van der Waals surface area contributed by atoms with Crippen molar-refractivity contribution in [2.75, 3.05) is 5.32 Å². The molecule has 0 aliphatic heterocycles. The predicted octanol–water partition coefficient (Wildman–Crippen LogP) is 8.66. The second-order valence-corrected chi connectivity index (χ2v) is 9.89. The van der Waals surface area contributed by atoms with E-state index < -0.39 is 5.91 Å². The first-order chi connectivity index (χ1) is 18.8. The van der Waals surface area contributed by atoms with Gasteiger partial charge in [-0.1, -0.05) is 70.7 Å². The van der Waals surface area contributed by atoms with Gasteiger partial charge >= 0.3 is 0 Å². The third-order valence-corrected chi connectivity index (χ3v) is 6.63. The Morgan fingerprint density at radius 1 is 0.846 bits per heavy atom. The van der Waals surface area contributed by atoms with Gasteiger partial charge in [-0.15, -0.1) is 0 Å². The average molecular weight is 578 g/mol. The van der Waals surface area contributed by atoms with Crippen molar-refractivity contribution in [2.45, 2.75) is 20.1 Å². The van der Waals surface area contributed by atoms with Gasteiger partial charge < -0.3 is 14.8 Å². The van der Waals surface area contributed by atoms with Gasteiger partial charge in [0.05, 0.1) is 10.0 Å². The molecule has 0 radical (unpaired) electrons. The number of nitrogens with zero attached hydrogens (tertiary/aromatic N) is 1. The largest absolute Gasteiger partial charge is 0.489 e. The fourth-order valence-corrected chi connectivity index (χ4v) is 4.04. The minimum Gasteiger partial charge on any atom is -0.489 e. The Kier molecular flexibility index (Phi) is 9.51. The Balaban J connectivity index is 1.42. The molecule has 39 heavy (non-hydrogen) atoms. The summed E-state index contributed by atoms with van der Waals surface area (Å²) in [5.74, 6) is 0.537. The van der Waals surface area contributed by atoms with Crippen LogP contribution in [0.1, 0.15) is 22.3 Å². The zero-order chi connectivity index (χ0) is 27.8. The maximum atomic E-state index is 12.9. The van der Waals surface area contributed by atoms with Crippen LogP contribution in [0, 0.1) is 18.3 Å². The molecule has 0 aliphatic rings. The van der Waals surface area contributed by atoms with Crippen LogP contribution in [0.4, 0.5) is 5.69 Å². The third kappa shape index (κ3) is 8.02. The monoisotopic (exact) mass is 576 g/mol. The van der Waals surface area contributed by atoms with Crippen LogP contribution in [0.5, 0.6) is 11.5 Å². The number of amides is 1. The number of nitrogens with one attached hydrogen (secondary N) is 1. The minimum atomic E-state index is -0.568. The van der Waals surface area contributed by atoms with Crippen molar-refractivity contribution in [1.29, 1.82) is 5.26 Å². The molecule has 4 rings (SSSR count). The van der Waals surface area contributed by atoms with Crippen LogP contribution in [0.2, 0.25) is 15.1 Å². The Hall–Kier alpha value is -3.95. The number of rotatable bonds is 9. The van der Waals surface area contributed by atoms with Crippen LogP contribution in [-0.4, -0.2) is 5.91 Å². The molecule has 196 valence electrons. The van der Waals surface area contributed by atoms with E-state index in [-0.39, 0.29) is 12.2 Å². The van der Waals surface area contributed by atoms with Crippen LogP contribution < -0.4 is 14.8 Å². The normalized spacial score (nSPS) is 11.0. The van der Waals surface area contributed by atoms with E-state index in [0.717, 1.165) is 11.1 Å². The summed E-state index contributed by atoms with van der Waals surface area (Å²) in [6.07, 6.45) is 1.43. The van der Waals surface area contributed by atoms with Crippen LogP contribution >= 0.6 is 34.8 Å². The van der Waals surface area contributed by atoms with E-state index in [4.69, 9.17) is 44.3 Å². The standard InChI is InChI=1S/C31H23Cl3N2O3/c1-20-2-4-21(5-3-20)18-38-27-10-8-26(9-11-27)36-31(37)24(17-35)15-23-16-25(32)7-13-30(23)39-19-22-6-12-28(33)29(34)14-22/h2-16H,18-19H2,1H3,(H,36,37)/b24-15+. The summed E-state index contributed by atoms with van der Waals surface area (Å²) < 4.78 is 11.7. The van der Waals surface area contributed by atoms with Gasteiger partial charge in [0.25, 0.3) is 5.91 Å². The molecule has 0 saturated heterocycles. The second-order valence-electron chi connectivity index (χ2n) is 8.64. The van der Waals surface area contributed by atoms with Crippen molar-refractivity contribution >= 4 is 52.5 Å². The lowest BCUT2D eigenvalue weighted by atomic mass is 10.1. The Morgan fingerprint density at radius 3 is 2.23 bits per heavy atom. The maximum Gasteiger partial charge on any atom is 0.266 e. The summed E-state index contributed by atoms with van der Waals surface area (Å²) in [6.45, 7) is 2.67. The quantitative estimate of drug-likeness (QED) is 0.160. The topological polar surface area (TPSA) is 71.3 Å². The molecule has 0 unspecified atom stereocenters. The first kappa shape index (κ1) is 28.1. The van der Waals surface area contributed by atoms with E-state index in [0.29, 0.717) is 44.4 Å². The van der Waals surface area contributed by atoms with Crippen molar-refractivity contribution in [3.8, 4) is 17.6 Å². The van der Waals surface area contributed by atoms with Crippen molar-refractivity contribution in [2.24, 2.45) is 0 Å². The van der Waals surface area contributed by atoms with E-state index in [1.165, 1.54) is 11.6 Å². The molecule has 1 amide bonds. The lowest BCUT2D eigenvalue weighted by molar-refractivity contribution is -0.112. The van der Waals surface area contributed by atoms with Crippen LogP contribution in [0.25, 0.3) is 6.08 Å². The first-order valence-corrected chi connectivity index (χ1v) is 13.0. The maximum absolute atomic E-state index is 12.9. The van der Waals surface area contributed by atoms with Gasteiger partial charge in [0.1, 0.15) is 36.4 Å². The summed E-state index contributed by atoms with van der Waals surface area (Å²) >= 11 is 18.3. The number of nitriles is 1. The molecular formula is C31H23Cl3N2O3. The minimum absolute atomic E-state index is 0.114. The SMILES string of the molecule is Cc1ccc(COc2ccc(NC(=O)/C(C#N)=C/c3cc(Cl)ccc3OCc3ccc(Cl)c(Cl)c3)cc2)cc1. The predicted molar refractivity (Wildman–Crippen MR) is 156 cm³/mol. The van der Waals surface area contributed by atoms with E-state index in [9.17, 15) is 10.1 Å². The number of hydrogen-bond acceptors (Lipinski definition) is 4. The molecule has 0 bridgehead atoms. The zero-order valence-electron chi connectivity index (χ0n) is 20.9. The third-order valence-electron chi connectivity index (χ3n) is 5.65. The van der Waals surface area contributed by atoms with Crippen molar-refractivity contribution in [3.63, 3.8) is 0 Å². The molecule has 4 aromatic carbocycles. The molecule has 8 heteroatoms. The summed E-state index contributed by atoms with van der Waals surface area (Å²) in [4.78, 5) is 12.9. The second kappa shape index (κ2) is 13.2. The molecule has 0 saturated carbocycles. The first-order valence-electron chi connectivity index (χ1n) is 11.9. The number of benzene rings is 4. The fraction of sp³-hybridized carbons (Fsp3) is 0.0968. The van der Waals surface area contributed by atoms with Crippen LogP contribution in [0.3, 0.4) is 0 Å². The number of ether oxygens (including phenoxy) is 2. The lowest BCUT2D eigenvalue weighted by Crippen LogP contribution is -2.13. The van der Waals surface area contributed by atoms with Gasteiger partial charge in [0.2, 0.25) is 0 Å². The molecule has 0 aliphatic carbocycles. The van der Waals surface area contributed by atoms with E-state index in [1.54, 1.807) is 60.7 Å². The van der Waals surface area contributed by atoms with Crippen molar-refractivity contribution < 1.29 is 14.3 Å². The average Bonchev–Trinajstić information content (AvgIpc) is 2.93. The Morgan fingerprint density at radius 2 is 1.54 bits per heavy atom. The molecular weight excluding hydrogens is 555 g/mol. The molecule has 5 nitrogen and oxygen atoms in total. The molecule has 0 atom stereocenters. The highest BCUT2D eigenvalue weighted by atomic mass is 35.5. The fourth-order valence-electron chi connectivity index (χ4n) is 3.54. The number of carbonyl (C=O) groups is 1. The van der Waals surface area contributed by atoms with Gasteiger partial charge in [-0.25, -0.2) is 0 Å².